The molecule has 1 N–H and O–H groups in total. The van der Waals surface area contributed by atoms with Gasteiger partial charge in [0, 0.05) is 62.9 Å². The van der Waals surface area contributed by atoms with Crippen LogP contribution in [0.5, 0.6) is 0 Å². The summed E-state index contributed by atoms with van der Waals surface area (Å²) >= 11 is 0. The second kappa shape index (κ2) is 7.59. The van der Waals surface area contributed by atoms with Gasteiger partial charge in [-0.05, 0) is 20.2 Å². The number of piperazine rings is 1. The Labute approximate surface area is 143 Å². The molecule has 6 nitrogen and oxygen atoms in total. The van der Waals surface area contributed by atoms with Crippen LogP contribution in [0, 0.1) is 0 Å². The largest absolute Gasteiger partial charge is 0.359 e. The lowest BCUT2D eigenvalue weighted by Crippen LogP contribution is -2.50. The van der Waals surface area contributed by atoms with Gasteiger partial charge >= 0.3 is 0 Å². The van der Waals surface area contributed by atoms with Crippen LogP contribution in [0.2, 0.25) is 0 Å². The van der Waals surface area contributed by atoms with E-state index >= 15 is 0 Å². The number of hydrogen-bond donors (Lipinski definition) is 1. The van der Waals surface area contributed by atoms with Crippen LogP contribution in [0.25, 0.3) is 0 Å². The third-order valence-corrected chi connectivity index (χ3v) is 4.41. The molecule has 0 aromatic heterocycles. The number of benzene rings is 1. The Bertz CT molecular complexity index is 645. The van der Waals surface area contributed by atoms with Crippen LogP contribution < -0.4 is 5.32 Å². The molecule has 2 aliphatic heterocycles. The summed E-state index contributed by atoms with van der Waals surface area (Å²) in [6, 6.07) is 7.89. The molecule has 0 unspecified atom stereocenters. The SMILES string of the molecule is CN(C)CCN1CCN(C(=O)C2=CNc3ccccc3C=N2)CC1. The second-order valence-electron chi connectivity index (χ2n) is 6.46. The van der Waals surface area contributed by atoms with E-state index in [4.69, 9.17) is 0 Å². The molecule has 1 amide bonds. The van der Waals surface area contributed by atoms with Crippen molar-refractivity contribution in [2.24, 2.45) is 4.99 Å². The third-order valence-electron chi connectivity index (χ3n) is 4.41. The number of amides is 1. The number of fused-ring (bicyclic) bond motifs is 1. The second-order valence-corrected chi connectivity index (χ2v) is 6.46. The Kier molecular flexibility index (Phi) is 5.27. The molecule has 2 heterocycles. The summed E-state index contributed by atoms with van der Waals surface area (Å²) in [7, 11) is 4.17. The Morgan fingerprint density at radius 3 is 2.71 bits per heavy atom. The molecule has 24 heavy (non-hydrogen) atoms. The van der Waals surface area contributed by atoms with Gasteiger partial charge in [-0.25, -0.2) is 4.99 Å². The van der Waals surface area contributed by atoms with E-state index in [9.17, 15) is 4.79 Å². The van der Waals surface area contributed by atoms with Gasteiger partial charge in [0.25, 0.3) is 5.91 Å². The zero-order valence-electron chi connectivity index (χ0n) is 14.4. The minimum Gasteiger partial charge on any atom is -0.359 e. The number of carbonyl (C=O) groups is 1. The fourth-order valence-corrected chi connectivity index (χ4v) is 2.86. The molecular formula is C18H25N5O. The van der Waals surface area contributed by atoms with Gasteiger partial charge in [-0.3, -0.25) is 9.69 Å². The average molecular weight is 327 g/mol. The number of aliphatic imine (C=N–C) groups is 1. The maximum absolute atomic E-state index is 12.7. The summed E-state index contributed by atoms with van der Waals surface area (Å²) in [5, 5.41) is 3.19. The third kappa shape index (κ3) is 4.01. The Hall–Kier alpha value is -2.18. The number of nitrogens with one attached hydrogen (secondary N) is 1. The molecule has 1 aromatic carbocycles. The molecule has 6 heteroatoms. The molecule has 2 aliphatic rings. The zero-order chi connectivity index (χ0) is 16.9. The van der Waals surface area contributed by atoms with E-state index in [1.165, 1.54) is 0 Å². The minimum absolute atomic E-state index is 0.00110. The highest BCUT2D eigenvalue weighted by molar-refractivity contribution is 5.99. The number of rotatable bonds is 4. The molecule has 1 fully saturated rings. The van der Waals surface area contributed by atoms with E-state index in [0.29, 0.717) is 5.70 Å². The lowest BCUT2D eigenvalue weighted by Gasteiger charge is -2.35. The Morgan fingerprint density at radius 2 is 1.96 bits per heavy atom. The molecule has 1 aromatic rings. The van der Waals surface area contributed by atoms with Gasteiger partial charge in [0.2, 0.25) is 0 Å². The first kappa shape index (κ1) is 16.7. The van der Waals surface area contributed by atoms with E-state index in [2.05, 4.69) is 34.2 Å². The summed E-state index contributed by atoms with van der Waals surface area (Å²) < 4.78 is 0. The van der Waals surface area contributed by atoms with Crippen molar-refractivity contribution in [2.75, 3.05) is 58.7 Å². The summed E-state index contributed by atoms with van der Waals surface area (Å²) in [5.74, 6) is -0.00110. The highest BCUT2D eigenvalue weighted by Crippen LogP contribution is 2.18. The number of para-hydroxylation sites is 1. The topological polar surface area (TPSA) is 51.2 Å². The van der Waals surface area contributed by atoms with Crippen LogP contribution in [0.3, 0.4) is 0 Å². The van der Waals surface area contributed by atoms with Crippen LogP contribution in [-0.4, -0.2) is 80.2 Å². The van der Waals surface area contributed by atoms with E-state index < -0.39 is 0 Å². The molecule has 0 radical (unpaired) electrons. The maximum Gasteiger partial charge on any atom is 0.274 e. The molecule has 128 valence electrons. The average Bonchev–Trinajstić information content (AvgIpc) is 2.82. The van der Waals surface area contributed by atoms with Crippen molar-refractivity contribution in [3.63, 3.8) is 0 Å². The Balaban J connectivity index is 1.57. The van der Waals surface area contributed by atoms with E-state index in [-0.39, 0.29) is 5.91 Å². The van der Waals surface area contributed by atoms with Crippen LogP contribution in [0.4, 0.5) is 5.69 Å². The molecule has 0 atom stereocenters. The van der Waals surface area contributed by atoms with E-state index in [1.54, 1.807) is 12.4 Å². The molecule has 0 bridgehead atoms. The van der Waals surface area contributed by atoms with Gasteiger partial charge in [-0.1, -0.05) is 18.2 Å². The lowest BCUT2D eigenvalue weighted by atomic mass is 10.2. The lowest BCUT2D eigenvalue weighted by molar-refractivity contribution is -0.128. The van der Waals surface area contributed by atoms with Crippen molar-refractivity contribution in [1.82, 2.24) is 14.7 Å². The van der Waals surface area contributed by atoms with Crippen molar-refractivity contribution in [3.8, 4) is 0 Å². The van der Waals surface area contributed by atoms with Crippen molar-refractivity contribution in [2.45, 2.75) is 0 Å². The van der Waals surface area contributed by atoms with E-state index in [0.717, 1.165) is 50.5 Å². The first-order valence-corrected chi connectivity index (χ1v) is 8.39. The van der Waals surface area contributed by atoms with Crippen LogP contribution in [0.1, 0.15) is 5.56 Å². The first-order valence-electron chi connectivity index (χ1n) is 8.39. The van der Waals surface area contributed by atoms with E-state index in [1.807, 2.05) is 29.2 Å². The monoisotopic (exact) mass is 327 g/mol. The van der Waals surface area contributed by atoms with Crippen molar-refractivity contribution in [3.05, 3.63) is 41.7 Å². The first-order chi connectivity index (χ1) is 11.6. The molecule has 3 rings (SSSR count). The van der Waals surface area contributed by atoms with Crippen LogP contribution >= 0.6 is 0 Å². The minimum atomic E-state index is -0.00110. The highest BCUT2D eigenvalue weighted by Gasteiger charge is 2.23. The number of hydrogen-bond acceptors (Lipinski definition) is 5. The molecule has 0 spiro atoms. The summed E-state index contributed by atoms with van der Waals surface area (Å²) in [4.78, 5) is 23.6. The zero-order valence-corrected chi connectivity index (χ0v) is 14.4. The molecular weight excluding hydrogens is 302 g/mol. The molecule has 1 saturated heterocycles. The van der Waals surface area contributed by atoms with Gasteiger partial charge in [0.1, 0.15) is 5.70 Å². The fourth-order valence-electron chi connectivity index (χ4n) is 2.86. The quantitative estimate of drug-likeness (QED) is 0.899. The number of carbonyl (C=O) groups excluding carboxylic acids is 1. The smallest absolute Gasteiger partial charge is 0.274 e. The maximum atomic E-state index is 12.7. The number of likely N-dealkylation sites (N-methyl/N-ethyl adjacent to an activating group) is 1. The van der Waals surface area contributed by atoms with Crippen molar-refractivity contribution >= 4 is 17.8 Å². The van der Waals surface area contributed by atoms with Gasteiger partial charge in [0.15, 0.2) is 0 Å². The predicted octanol–water partition coefficient (Wildman–Crippen LogP) is 1.08. The van der Waals surface area contributed by atoms with Gasteiger partial charge < -0.3 is 15.1 Å². The summed E-state index contributed by atoms with van der Waals surface area (Å²) in [6.45, 7) is 5.45. The van der Waals surface area contributed by atoms with Gasteiger partial charge in [0.05, 0.1) is 0 Å². The van der Waals surface area contributed by atoms with Gasteiger partial charge in [-0.2, -0.15) is 0 Å². The standard InChI is InChI=1S/C18H25N5O/c1-21(2)7-8-22-9-11-23(12-10-22)18(24)17-14-20-16-6-4-3-5-15(16)13-19-17/h3-6,13-14,20H,7-12H2,1-2H3. The number of anilines is 1. The van der Waals surface area contributed by atoms with Crippen LogP contribution in [-0.2, 0) is 4.79 Å². The van der Waals surface area contributed by atoms with Crippen LogP contribution in [0.15, 0.2) is 41.2 Å². The predicted molar refractivity (Wildman–Crippen MR) is 97.3 cm³/mol. The van der Waals surface area contributed by atoms with Crippen molar-refractivity contribution < 1.29 is 4.79 Å². The number of nitrogens with zero attached hydrogens (tertiary/aromatic N) is 4. The normalized spacial score (nSPS) is 18.0. The summed E-state index contributed by atoms with van der Waals surface area (Å²) in [6.07, 6.45) is 3.47. The molecule has 0 aliphatic carbocycles. The Morgan fingerprint density at radius 1 is 1.21 bits per heavy atom. The fraction of sp³-hybridized carbons (Fsp3) is 0.444. The van der Waals surface area contributed by atoms with Crippen molar-refractivity contribution in [1.29, 1.82) is 0 Å². The highest BCUT2D eigenvalue weighted by atomic mass is 16.2. The molecule has 0 saturated carbocycles. The van der Waals surface area contributed by atoms with Gasteiger partial charge in [-0.15, -0.1) is 0 Å². The summed E-state index contributed by atoms with van der Waals surface area (Å²) in [5.41, 5.74) is 2.43.